The highest BCUT2D eigenvalue weighted by atomic mass is 16.5. The number of pyridine rings is 1. The van der Waals surface area contributed by atoms with Crippen LogP contribution in [0.25, 0.3) is 10.9 Å². The first kappa shape index (κ1) is 23.2. The molecule has 2 aromatic heterocycles. The Bertz CT molecular complexity index is 1020. The number of benzene rings is 1. The number of hydrogen-bond acceptors (Lipinski definition) is 7. The van der Waals surface area contributed by atoms with Gasteiger partial charge >= 0.3 is 0 Å². The summed E-state index contributed by atoms with van der Waals surface area (Å²) in [7, 11) is 0. The third-order valence-corrected chi connectivity index (χ3v) is 6.38. The molecule has 0 radical (unpaired) electrons. The highest BCUT2D eigenvalue weighted by molar-refractivity contribution is 5.80. The molecule has 0 aliphatic carbocycles. The Morgan fingerprint density at radius 3 is 2.55 bits per heavy atom. The topological polar surface area (TPSA) is 74.6 Å². The van der Waals surface area contributed by atoms with Crippen LogP contribution in [-0.4, -0.2) is 58.9 Å². The van der Waals surface area contributed by atoms with Crippen molar-refractivity contribution in [2.45, 2.75) is 45.6 Å². The van der Waals surface area contributed by atoms with E-state index in [-0.39, 0.29) is 12.7 Å². The van der Waals surface area contributed by atoms with Crippen LogP contribution in [0.15, 0.2) is 48.8 Å². The number of piperidine rings is 2. The van der Waals surface area contributed by atoms with Crippen LogP contribution < -0.4 is 14.5 Å². The van der Waals surface area contributed by atoms with Crippen molar-refractivity contribution in [2.75, 3.05) is 42.6 Å². The maximum atomic E-state index is 9.42. The number of nitrogens with zero attached hydrogens (tertiary/aromatic N) is 5. The molecule has 1 unspecified atom stereocenters. The second-order valence-electron chi connectivity index (χ2n) is 8.49. The Kier molecular flexibility index (Phi) is 7.94. The van der Waals surface area contributed by atoms with Crippen molar-refractivity contribution in [3.63, 3.8) is 0 Å². The van der Waals surface area contributed by atoms with Gasteiger partial charge < -0.3 is 19.6 Å². The van der Waals surface area contributed by atoms with Gasteiger partial charge in [-0.3, -0.25) is 0 Å². The number of aliphatic hydroxyl groups is 1. The molecule has 1 atom stereocenters. The molecule has 1 aromatic carbocycles. The van der Waals surface area contributed by atoms with Gasteiger partial charge in [0.25, 0.3) is 5.88 Å². The van der Waals surface area contributed by atoms with Crippen LogP contribution in [0.2, 0.25) is 0 Å². The van der Waals surface area contributed by atoms with Gasteiger partial charge in [-0.05, 0) is 49.8 Å². The third-order valence-electron chi connectivity index (χ3n) is 6.38. The summed E-state index contributed by atoms with van der Waals surface area (Å²) in [5.74, 6) is 2.82. The van der Waals surface area contributed by atoms with E-state index in [0.717, 1.165) is 74.4 Å². The standard InChI is InChI=1S/C24H29N5O2.C2H6/c30-17-18-9-14-28(15-10-18)23-24(26-12-11-25-23)31-20-5-3-13-29(16-20)22-8-7-19-4-1-2-6-21(19)27-22;1-2/h1-2,4,6-8,11-12,18,20,30H,3,5,9-10,13-17H2;1-2H3. The lowest BCUT2D eigenvalue weighted by Crippen LogP contribution is -2.42. The lowest BCUT2D eigenvalue weighted by molar-refractivity contribution is 0.170. The molecule has 2 aliphatic rings. The molecule has 33 heavy (non-hydrogen) atoms. The first-order valence-corrected chi connectivity index (χ1v) is 12.2. The minimum absolute atomic E-state index is 0.0486. The van der Waals surface area contributed by atoms with Gasteiger partial charge in [0.1, 0.15) is 11.9 Å². The summed E-state index contributed by atoms with van der Waals surface area (Å²) >= 11 is 0. The number of anilines is 2. The quantitative estimate of drug-likeness (QED) is 0.622. The monoisotopic (exact) mass is 449 g/mol. The summed E-state index contributed by atoms with van der Waals surface area (Å²) in [5.41, 5.74) is 1.02. The Balaban J connectivity index is 0.00000126. The fourth-order valence-corrected chi connectivity index (χ4v) is 4.58. The van der Waals surface area contributed by atoms with Gasteiger partial charge in [0, 0.05) is 44.0 Å². The van der Waals surface area contributed by atoms with E-state index in [0.29, 0.717) is 11.8 Å². The van der Waals surface area contributed by atoms with Crippen LogP contribution in [0, 0.1) is 5.92 Å². The van der Waals surface area contributed by atoms with Gasteiger partial charge in [-0.25, -0.2) is 15.0 Å². The van der Waals surface area contributed by atoms with Gasteiger partial charge in [0.2, 0.25) is 0 Å². The fraction of sp³-hybridized carbons (Fsp3) is 0.500. The number of aliphatic hydroxyl groups excluding tert-OH is 1. The molecule has 2 aliphatic heterocycles. The molecule has 0 bridgehead atoms. The number of ether oxygens (including phenoxy) is 1. The molecule has 3 aromatic rings. The van der Waals surface area contributed by atoms with Crippen molar-refractivity contribution in [3.8, 4) is 5.88 Å². The van der Waals surface area contributed by atoms with Crippen LogP contribution in [-0.2, 0) is 0 Å². The maximum absolute atomic E-state index is 9.42. The van der Waals surface area contributed by atoms with Crippen LogP contribution in [0.4, 0.5) is 11.6 Å². The van der Waals surface area contributed by atoms with Crippen molar-refractivity contribution >= 4 is 22.5 Å². The smallest absolute Gasteiger partial charge is 0.257 e. The fourth-order valence-electron chi connectivity index (χ4n) is 4.58. The molecule has 0 saturated carbocycles. The van der Waals surface area contributed by atoms with Gasteiger partial charge in [-0.2, -0.15) is 0 Å². The van der Waals surface area contributed by atoms with Crippen molar-refractivity contribution in [2.24, 2.45) is 5.92 Å². The van der Waals surface area contributed by atoms with Crippen LogP contribution in [0.1, 0.15) is 39.5 Å². The maximum Gasteiger partial charge on any atom is 0.257 e. The summed E-state index contributed by atoms with van der Waals surface area (Å²) < 4.78 is 6.40. The first-order valence-electron chi connectivity index (χ1n) is 12.2. The molecular weight excluding hydrogens is 414 g/mol. The zero-order chi connectivity index (χ0) is 23.0. The van der Waals surface area contributed by atoms with Gasteiger partial charge in [-0.1, -0.05) is 32.0 Å². The molecule has 4 heterocycles. The lowest BCUT2D eigenvalue weighted by Gasteiger charge is -2.35. The minimum atomic E-state index is 0.0486. The highest BCUT2D eigenvalue weighted by Crippen LogP contribution is 2.30. The predicted molar refractivity (Wildman–Crippen MR) is 133 cm³/mol. The largest absolute Gasteiger partial charge is 0.470 e. The molecule has 7 nitrogen and oxygen atoms in total. The Labute approximate surface area is 196 Å². The van der Waals surface area contributed by atoms with E-state index in [9.17, 15) is 5.11 Å². The summed E-state index contributed by atoms with van der Waals surface area (Å²) in [4.78, 5) is 18.5. The average molecular weight is 450 g/mol. The molecule has 176 valence electrons. The molecule has 0 amide bonds. The Morgan fingerprint density at radius 2 is 1.73 bits per heavy atom. The van der Waals surface area contributed by atoms with Gasteiger partial charge in [0.15, 0.2) is 5.82 Å². The Morgan fingerprint density at radius 1 is 0.939 bits per heavy atom. The molecular formula is C26H35N5O2. The number of hydrogen-bond donors (Lipinski definition) is 1. The van der Waals surface area contributed by atoms with E-state index in [1.54, 1.807) is 12.4 Å². The van der Waals surface area contributed by atoms with Crippen LogP contribution in [0.3, 0.4) is 0 Å². The molecule has 7 heteroatoms. The summed E-state index contributed by atoms with van der Waals surface area (Å²) in [5, 5.41) is 10.6. The zero-order valence-corrected chi connectivity index (χ0v) is 19.7. The van der Waals surface area contributed by atoms with E-state index in [1.165, 1.54) is 0 Å². The second kappa shape index (κ2) is 11.3. The molecule has 5 rings (SSSR count). The Hall–Kier alpha value is -2.93. The molecule has 2 saturated heterocycles. The number of rotatable bonds is 5. The SMILES string of the molecule is CC.OCC1CCN(c2nccnc2OC2CCCN(c3ccc4ccccc4n3)C2)CC1. The average Bonchev–Trinajstić information content (AvgIpc) is 2.90. The summed E-state index contributed by atoms with van der Waals surface area (Å²) in [6.07, 6.45) is 7.46. The van der Waals surface area contributed by atoms with E-state index >= 15 is 0 Å². The first-order chi connectivity index (χ1) is 16.3. The molecule has 1 N–H and O–H groups in total. The van der Waals surface area contributed by atoms with Gasteiger partial charge in [0.05, 0.1) is 12.1 Å². The van der Waals surface area contributed by atoms with E-state index in [4.69, 9.17) is 9.72 Å². The number of fused-ring (bicyclic) bond motifs is 1. The van der Waals surface area contributed by atoms with Crippen molar-refractivity contribution < 1.29 is 9.84 Å². The van der Waals surface area contributed by atoms with E-state index < -0.39 is 0 Å². The van der Waals surface area contributed by atoms with Crippen LogP contribution in [0.5, 0.6) is 5.88 Å². The zero-order valence-electron chi connectivity index (χ0n) is 19.7. The number of aromatic nitrogens is 3. The summed E-state index contributed by atoms with van der Waals surface area (Å²) in [6.45, 7) is 7.77. The normalized spacial score (nSPS) is 19.2. The van der Waals surface area contributed by atoms with Crippen molar-refractivity contribution in [1.82, 2.24) is 15.0 Å². The van der Waals surface area contributed by atoms with Crippen molar-refractivity contribution in [1.29, 1.82) is 0 Å². The van der Waals surface area contributed by atoms with E-state index in [2.05, 4.69) is 44.0 Å². The minimum Gasteiger partial charge on any atom is -0.470 e. The van der Waals surface area contributed by atoms with Gasteiger partial charge in [-0.15, -0.1) is 0 Å². The highest BCUT2D eigenvalue weighted by Gasteiger charge is 2.27. The molecule has 2 fully saturated rings. The second-order valence-corrected chi connectivity index (χ2v) is 8.49. The lowest BCUT2D eigenvalue weighted by atomic mass is 9.98. The summed E-state index contributed by atoms with van der Waals surface area (Å²) in [6, 6.07) is 12.5. The van der Waals surface area contributed by atoms with Crippen molar-refractivity contribution in [3.05, 3.63) is 48.8 Å². The van der Waals surface area contributed by atoms with Crippen LogP contribution >= 0.6 is 0 Å². The van der Waals surface area contributed by atoms with E-state index in [1.807, 2.05) is 26.0 Å². The number of para-hydroxylation sites is 1. The predicted octanol–water partition coefficient (Wildman–Crippen LogP) is 4.31. The third kappa shape index (κ3) is 5.53. The molecule has 0 spiro atoms.